The molecule has 0 aliphatic rings. The summed E-state index contributed by atoms with van der Waals surface area (Å²) in [5.41, 5.74) is 0.564. The third-order valence-electron chi connectivity index (χ3n) is 1.18. The van der Waals surface area contributed by atoms with Gasteiger partial charge in [-0.1, -0.05) is 11.6 Å². The first-order valence-corrected chi connectivity index (χ1v) is 3.40. The number of aromatic nitrogens is 1. The third kappa shape index (κ3) is 2.13. The molecule has 0 aliphatic heterocycles. The second-order valence-electron chi connectivity index (χ2n) is 2.04. The zero-order valence-electron chi connectivity index (χ0n) is 5.97. The molecule has 0 spiro atoms. The highest BCUT2D eigenvalue weighted by molar-refractivity contribution is 6.30. The summed E-state index contributed by atoms with van der Waals surface area (Å²) in [7, 11) is 1.52. The number of hydrogen-bond acceptors (Lipinski definition) is 2. The van der Waals surface area contributed by atoms with Gasteiger partial charge in [-0.15, -0.1) is 0 Å². The van der Waals surface area contributed by atoms with Gasteiger partial charge in [0.2, 0.25) is 0 Å². The van der Waals surface area contributed by atoms with Crippen molar-refractivity contribution in [1.29, 1.82) is 0 Å². The summed E-state index contributed by atoms with van der Waals surface area (Å²) in [6.45, 7) is 0.281. The first kappa shape index (κ1) is 8.43. The fraction of sp³-hybridized carbons (Fsp3) is 0.286. The lowest BCUT2D eigenvalue weighted by Gasteiger charge is -2.00. The van der Waals surface area contributed by atoms with E-state index in [4.69, 9.17) is 16.3 Å². The minimum atomic E-state index is -0.401. The number of hydrogen-bond donors (Lipinski definition) is 0. The maximum absolute atomic E-state index is 12.5. The molecule has 60 valence electrons. The van der Waals surface area contributed by atoms with Crippen LogP contribution in [0.15, 0.2) is 12.3 Å². The van der Waals surface area contributed by atoms with Gasteiger partial charge >= 0.3 is 0 Å². The molecule has 0 saturated carbocycles. The summed E-state index contributed by atoms with van der Waals surface area (Å²) in [5, 5.41) is 0.285. The number of halogens is 2. The van der Waals surface area contributed by atoms with Crippen molar-refractivity contribution in [3.63, 3.8) is 0 Å². The van der Waals surface area contributed by atoms with Crippen molar-refractivity contribution in [3.8, 4) is 0 Å². The molecule has 0 saturated heterocycles. The zero-order chi connectivity index (χ0) is 8.27. The molecule has 1 heterocycles. The minimum absolute atomic E-state index is 0.281. The molecule has 0 bridgehead atoms. The van der Waals surface area contributed by atoms with E-state index in [0.29, 0.717) is 5.56 Å². The van der Waals surface area contributed by atoms with E-state index < -0.39 is 5.82 Å². The van der Waals surface area contributed by atoms with Gasteiger partial charge in [-0.2, -0.15) is 0 Å². The molecule has 11 heavy (non-hydrogen) atoms. The molecular weight excluding hydrogens is 169 g/mol. The summed E-state index contributed by atoms with van der Waals surface area (Å²) in [5.74, 6) is -0.401. The Bertz CT molecular complexity index is 254. The molecule has 4 heteroatoms. The van der Waals surface area contributed by atoms with E-state index in [1.54, 1.807) is 0 Å². The van der Waals surface area contributed by atoms with Gasteiger partial charge in [-0.05, 0) is 6.07 Å². The summed E-state index contributed by atoms with van der Waals surface area (Å²) >= 11 is 5.62. The second-order valence-corrected chi connectivity index (χ2v) is 2.39. The van der Waals surface area contributed by atoms with Gasteiger partial charge in [0.1, 0.15) is 11.0 Å². The second kappa shape index (κ2) is 3.64. The van der Waals surface area contributed by atoms with Crippen LogP contribution in [-0.4, -0.2) is 12.1 Å². The number of ether oxygens (including phenoxy) is 1. The molecule has 1 aromatic heterocycles. The van der Waals surface area contributed by atoms with E-state index in [1.807, 2.05) is 0 Å². The smallest absolute Gasteiger partial charge is 0.141 e. The minimum Gasteiger partial charge on any atom is -0.380 e. The predicted molar refractivity (Wildman–Crippen MR) is 39.9 cm³/mol. The molecular formula is C7H7ClFNO. The number of methoxy groups -OCH3 is 1. The molecule has 2 nitrogen and oxygen atoms in total. The van der Waals surface area contributed by atoms with E-state index in [0.717, 1.165) is 6.20 Å². The molecule has 0 aliphatic carbocycles. The standard InChI is InChI=1S/C7H7ClFNO/c1-11-4-5-2-6(9)3-10-7(5)8/h2-3H,4H2,1H3. The normalized spacial score (nSPS) is 10.1. The average molecular weight is 176 g/mol. The highest BCUT2D eigenvalue weighted by Gasteiger charge is 2.01. The SMILES string of the molecule is COCc1cc(F)cnc1Cl. The average Bonchev–Trinajstić information content (AvgIpc) is 1.98. The number of rotatable bonds is 2. The first-order valence-electron chi connectivity index (χ1n) is 3.03. The maximum Gasteiger partial charge on any atom is 0.141 e. The molecule has 0 atom stereocenters. The third-order valence-corrected chi connectivity index (χ3v) is 1.52. The molecule has 0 aromatic carbocycles. The monoisotopic (exact) mass is 175 g/mol. The van der Waals surface area contributed by atoms with E-state index in [-0.39, 0.29) is 11.8 Å². The molecule has 1 rings (SSSR count). The summed E-state index contributed by atoms with van der Waals surface area (Å²) in [6.07, 6.45) is 1.07. The molecule has 0 unspecified atom stereocenters. The van der Waals surface area contributed by atoms with Crippen LogP contribution in [0.5, 0.6) is 0 Å². The maximum atomic E-state index is 12.5. The Morgan fingerprint density at radius 2 is 2.45 bits per heavy atom. The Labute approximate surface area is 69.0 Å². The van der Waals surface area contributed by atoms with Crippen LogP contribution in [0.4, 0.5) is 4.39 Å². The topological polar surface area (TPSA) is 22.1 Å². The molecule has 0 fully saturated rings. The molecule has 0 N–H and O–H groups in total. The Morgan fingerprint density at radius 1 is 1.73 bits per heavy atom. The predicted octanol–water partition coefficient (Wildman–Crippen LogP) is 2.02. The zero-order valence-corrected chi connectivity index (χ0v) is 6.73. The van der Waals surface area contributed by atoms with Gasteiger partial charge < -0.3 is 4.74 Å². The van der Waals surface area contributed by atoms with Gasteiger partial charge in [0.05, 0.1) is 12.8 Å². The highest BCUT2D eigenvalue weighted by atomic mass is 35.5. The van der Waals surface area contributed by atoms with Gasteiger partial charge in [0.25, 0.3) is 0 Å². The van der Waals surface area contributed by atoms with Gasteiger partial charge in [-0.25, -0.2) is 9.37 Å². The Balaban J connectivity index is 2.93. The van der Waals surface area contributed by atoms with Gasteiger partial charge in [0, 0.05) is 12.7 Å². The largest absolute Gasteiger partial charge is 0.380 e. The van der Waals surface area contributed by atoms with Crippen molar-refractivity contribution >= 4 is 11.6 Å². The summed E-state index contributed by atoms with van der Waals surface area (Å²) in [4.78, 5) is 3.61. The van der Waals surface area contributed by atoms with Crippen LogP contribution in [0.25, 0.3) is 0 Å². The number of pyridine rings is 1. The van der Waals surface area contributed by atoms with Crippen LogP contribution >= 0.6 is 11.6 Å². The Hall–Kier alpha value is -0.670. The molecule has 0 amide bonds. The van der Waals surface area contributed by atoms with Crippen LogP contribution < -0.4 is 0 Å². The van der Waals surface area contributed by atoms with Crippen molar-refractivity contribution in [2.75, 3.05) is 7.11 Å². The van der Waals surface area contributed by atoms with Crippen LogP contribution in [-0.2, 0) is 11.3 Å². The van der Waals surface area contributed by atoms with Crippen LogP contribution in [0.3, 0.4) is 0 Å². The Morgan fingerprint density at radius 3 is 3.09 bits per heavy atom. The van der Waals surface area contributed by atoms with Crippen molar-refractivity contribution in [2.24, 2.45) is 0 Å². The van der Waals surface area contributed by atoms with Crippen LogP contribution in [0.2, 0.25) is 5.15 Å². The summed E-state index contributed by atoms with van der Waals surface area (Å²) < 4.78 is 17.3. The fourth-order valence-electron chi connectivity index (χ4n) is 0.721. The van der Waals surface area contributed by atoms with Crippen molar-refractivity contribution in [3.05, 3.63) is 28.8 Å². The van der Waals surface area contributed by atoms with E-state index in [2.05, 4.69) is 4.98 Å². The quantitative estimate of drug-likeness (QED) is 0.642. The fourth-order valence-corrected chi connectivity index (χ4v) is 0.879. The lowest BCUT2D eigenvalue weighted by Crippen LogP contribution is -1.92. The van der Waals surface area contributed by atoms with E-state index >= 15 is 0 Å². The van der Waals surface area contributed by atoms with Crippen molar-refractivity contribution in [2.45, 2.75) is 6.61 Å². The summed E-state index contributed by atoms with van der Waals surface area (Å²) in [6, 6.07) is 1.30. The van der Waals surface area contributed by atoms with Gasteiger partial charge in [-0.3, -0.25) is 0 Å². The van der Waals surface area contributed by atoms with Crippen LogP contribution in [0.1, 0.15) is 5.56 Å². The van der Waals surface area contributed by atoms with Crippen LogP contribution in [0, 0.1) is 5.82 Å². The lowest BCUT2D eigenvalue weighted by molar-refractivity contribution is 0.184. The van der Waals surface area contributed by atoms with E-state index in [9.17, 15) is 4.39 Å². The highest BCUT2D eigenvalue weighted by Crippen LogP contribution is 2.13. The van der Waals surface area contributed by atoms with Crippen molar-refractivity contribution < 1.29 is 9.13 Å². The molecule has 1 aromatic rings. The lowest BCUT2D eigenvalue weighted by atomic mass is 10.3. The molecule has 0 radical (unpaired) electrons. The Kier molecular flexibility index (Phi) is 2.79. The first-order chi connectivity index (χ1) is 5.24. The van der Waals surface area contributed by atoms with Gasteiger partial charge in [0.15, 0.2) is 0 Å². The number of nitrogens with zero attached hydrogens (tertiary/aromatic N) is 1. The van der Waals surface area contributed by atoms with Crippen molar-refractivity contribution in [1.82, 2.24) is 4.98 Å². The van der Waals surface area contributed by atoms with E-state index in [1.165, 1.54) is 13.2 Å².